The number of piperazine rings is 1. The van der Waals surface area contributed by atoms with Gasteiger partial charge in [-0.3, -0.25) is 4.79 Å². The Morgan fingerprint density at radius 3 is 2.19 bits per heavy atom. The van der Waals surface area contributed by atoms with Crippen LogP contribution < -0.4 is 4.72 Å². The molecule has 0 spiro atoms. The molecule has 1 fully saturated rings. The van der Waals surface area contributed by atoms with Crippen LogP contribution in [0.25, 0.3) is 0 Å². The summed E-state index contributed by atoms with van der Waals surface area (Å²) in [6.07, 6.45) is 0.546. The monoisotopic (exact) mass is 383 g/mol. The quantitative estimate of drug-likeness (QED) is 0.785. The predicted molar refractivity (Wildman–Crippen MR) is 96.2 cm³/mol. The molecule has 26 heavy (non-hydrogen) atoms. The van der Waals surface area contributed by atoms with Crippen LogP contribution in [0.4, 0.5) is 4.79 Å². The number of ether oxygens (including phenoxy) is 1. The van der Waals surface area contributed by atoms with Crippen LogP contribution in [0.2, 0.25) is 0 Å². The van der Waals surface area contributed by atoms with Gasteiger partial charge in [0.15, 0.2) is 0 Å². The molecule has 9 heteroatoms. The summed E-state index contributed by atoms with van der Waals surface area (Å²) in [4.78, 5) is 27.5. The fraction of sp³-hybridized carbons (Fsp3) is 0.529. The Kier molecular flexibility index (Phi) is 6.98. The summed E-state index contributed by atoms with van der Waals surface area (Å²) in [5, 5.41) is 0. The van der Waals surface area contributed by atoms with Gasteiger partial charge in [0.25, 0.3) is 0 Å². The van der Waals surface area contributed by atoms with E-state index in [1.165, 1.54) is 19.2 Å². The Bertz CT molecular complexity index is 725. The summed E-state index contributed by atoms with van der Waals surface area (Å²) in [6.45, 7) is 4.04. The molecule has 1 heterocycles. The Balaban J connectivity index is 1.81. The molecule has 1 aromatic rings. The van der Waals surface area contributed by atoms with Gasteiger partial charge in [-0.2, -0.15) is 0 Å². The van der Waals surface area contributed by atoms with E-state index in [1.54, 1.807) is 28.9 Å². The molecule has 2 amide bonds. The molecule has 0 aliphatic carbocycles. The van der Waals surface area contributed by atoms with E-state index in [-0.39, 0.29) is 16.9 Å². The zero-order valence-electron chi connectivity index (χ0n) is 15.1. The van der Waals surface area contributed by atoms with E-state index in [2.05, 4.69) is 4.72 Å². The molecule has 0 radical (unpaired) electrons. The summed E-state index contributed by atoms with van der Waals surface area (Å²) >= 11 is 0. The van der Waals surface area contributed by atoms with Crippen molar-refractivity contribution in [2.75, 3.05) is 39.8 Å². The highest BCUT2D eigenvalue weighted by Crippen LogP contribution is 2.13. The van der Waals surface area contributed by atoms with Gasteiger partial charge in [-0.15, -0.1) is 0 Å². The van der Waals surface area contributed by atoms with Crippen molar-refractivity contribution in [2.45, 2.75) is 24.7 Å². The van der Waals surface area contributed by atoms with Crippen molar-refractivity contribution in [3.8, 4) is 0 Å². The molecule has 0 atom stereocenters. The molecule has 8 nitrogen and oxygen atoms in total. The first-order valence-corrected chi connectivity index (χ1v) is 10.1. The summed E-state index contributed by atoms with van der Waals surface area (Å²) in [5.74, 6) is 0.0282. The van der Waals surface area contributed by atoms with Gasteiger partial charge in [-0.05, 0) is 38.1 Å². The van der Waals surface area contributed by atoms with Gasteiger partial charge in [-0.25, -0.2) is 17.9 Å². The van der Waals surface area contributed by atoms with Gasteiger partial charge in [0.2, 0.25) is 15.9 Å². The summed E-state index contributed by atoms with van der Waals surface area (Å²) < 4.78 is 30.6. The average molecular weight is 383 g/mol. The SMILES string of the molecule is CCOC(=O)N1CCN(C(=O)CCc2ccc(S(=O)(=O)NC)cc2)CC1. The largest absolute Gasteiger partial charge is 0.450 e. The maximum atomic E-state index is 12.3. The minimum Gasteiger partial charge on any atom is -0.450 e. The van der Waals surface area contributed by atoms with Crippen molar-refractivity contribution >= 4 is 22.0 Å². The van der Waals surface area contributed by atoms with Crippen molar-refractivity contribution in [3.63, 3.8) is 0 Å². The molecule has 0 aromatic heterocycles. The van der Waals surface area contributed by atoms with E-state index in [0.29, 0.717) is 45.6 Å². The third-order valence-electron chi connectivity index (χ3n) is 4.29. The second-order valence-corrected chi connectivity index (χ2v) is 7.80. The number of benzene rings is 1. The molecular weight excluding hydrogens is 358 g/mol. The number of nitrogens with zero attached hydrogens (tertiary/aromatic N) is 2. The highest BCUT2D eigenvalue weighted by Gasteiger charge is 2.24. The number of carbonyl (C=O) groups excluding carboxylic acids is 2. The highest BCUT2D eigenvalue weighted by atomic mass is 32.2. The van der Waals surface area contributed by atoms with Crippen LogP contribution in [0.1, 0.15) is 18.9 Å². The fourth-order valence-corrected chi connectivity index (χ4v) is 3.45. The number of amides is 2. The second kappa shape index (κ2) is 9.00. The molecule has 1 aliphatic heterocycles. The van der Waals surface area contributed by atoms with Crippen LogP contribution in [-0.4, -0.2) is 70.1 Å². The maximum absolute atomic E-state index is 12.3. The van der Waals surface area contributed by atoms with Crippen LogP contribution in [0.3, 0.4) is 0 Å². The lowest BCUT2D eigenvalue weighted by Crippen LogP contribution is -2.50. The Morgan fingerprint density at radius 2 is 1.65 bits per heavy atom. The molecule has 0 saturated carbocycles. The first kappa shape index (κ1) is 20.2. The Hall–Kier alpha value is -2.13. The summed E-state index contributed by atoms with van der Waals surface area (Å²) in [6, 6.07) is 6.50. The van der Waals surface area contributed by atoms with E-state index in [9.17, 15) is 18.0 Å². The van der Waals surface area contributed by atoms with Crippen LogP contribution in [-0.2, 0) is 26.0 Å². The van der Waals surface area contributed by atoms with E-state index < -0.39 is 10.0 Å². The highest BCUT2D eigenvalue weighted by molar-refractivity contribution is 7.89. The molecule has 0 bridgehead atoms. The van der Waals surface area contributed by atoms with Gasteiger partial charge in [0.1, 0.15) is 0 Å². The van der Waals surface area contributed by atoms with E-state index in [4.69, 9.17) is 4.74 Å². The zero-order chi connectivity index (χ0) is 19.2. The van der Waals surface area contributed by atoms with Gasteiger partial charge in [0.05, 0.1) is 11.5 Å². The fourth-order valence-electron chi connectivity index (χ4n) is 2.72. The van der Waals surface area contributed by atoms with Crippen LogP contribution in [0.5, 0.6) is 0 Å². The molecule has 1 N–H and O–H groups in total. The van der Waals surface area contributed by atoms with Gasteiger partial charge < -0.3 is 14.5 Å². The number of aryl methyl sites for hydroxylation is 1. The molecule has 144 valence electrons. The van der Waals surface area contributed by atoms with Crippen LogP contribution >= 0.6 is 0 Å². The summed E-state index contributed by atoms with van der Waals surface area (Å²) in [5.41, 5.74) is 0.901. The second-order valence-electron chi connectivity index (χ2n) is 5.92. The van der Waals surface area contributed by atoms with E-state index >= 15 is 0 Å². The van der Waals surface area contributed by atoms with E-state index in [0.717, 1.165) is 5.56 Å². The number of rotatable bonds is 6. The number of hydrogen-bond acceptors (Lipinski definition) is 5. The maximum Gasteiger partial charge on any atom is 0.409 e. The normalized spacial score (nSPS) is 15.0. The number of sulfonamides is 1. The molecule has 1 saturated heterocycles. The van der Waals surface area contributed by atoms with Gasteiger partial charge in [0, 0.05) is 32.6 Å². The molecular formula is C17H25N3O5S. The topological polar surface area (TPSA) is 96.0 Å². The molecule has 2 rings (SSSR count). The standard InChI is InChI=1S/C17H25N3O5S/c1-3-25-17(22)20-12-10-19(11-13-20)16(21)9-6-14-4-7-15(8-5-14)26(23,24)18-2/h4-5,7-8,18H,3,6,9-13H2,1-2H3. The Labute approximate surface area is 154 Å². The van der Waals surface area contributed by atoms with Gasteiger partial charge >= 0.3 is 6.09 Å². The average Bonchev–Trinajstić information content (AvgIpc) is 2.66. The lowest BCUT2D eigenvalue weighted by Gasteiger charge is -2.34. The van der Waals surface area contributed by atoms with Crippen LogP contribution in [0.15, 0.2) is 29.2 Å². The number of hydrogen-bond donors (Lipinski definition) is 1. The van der Waals surface area contributed by atoms with Crippen molar-refractivity contribution < 1.29 is 22.7 Å². The van der Waals surface area contributed by atoms with E-state index in [1.807, 2.05) is 0 Å². The third-order valence-corrected chi connectivity index (χ3v) is 5.72. The number of nitrogens with one attached hydrogen (secondary N) is 1. The third kappa shape index (κ3) is 5.18. The smallest absolute Gasteiger partial charge is 0.409 e. The van der Waals surface area contributed by atoms with Crippen LogP contribution in [0, 0.1) is 0 Å². The molecule has 1 aromatic carbocycles. The van der Waals surface area contributed by atoms with Crippen molar-refractivity contribution in [1.82, 2.24) is 14.5 Å². The minimum absolute atomic E-state index is 0.0282. The first-order valence-electron chi connectivity index (χ1n) is 8.59. The van der Waals surface area contributed by atoms with Crippen molar-refractivity contribution in [2.24, 2.45) is 0 Å². The minimum atomic E-state index is -3.45. The lowest BCUT2D eigenvalue weighted by molar-refractivity contribution is -0.132. The van der Waals surface area contributed by atoms with Crippen molar-refractivity contribution in [1.29, 1.82) is 0 Å². The van der Waals surface area contributed by atoms with Crippen molar-refractivity contribution in [3.05, 3.63) is 29.8 Å². The molecule has 1 aliphatic rings. The zero-order valence-corrected chi connectivity index (χ0v) is 15.9. The predicted octanol–water partition coefficient (Wildman–Crippen LogP) is 0.828. The summed E-state index contributed by atoms with van der Waals surface area (Å²) in [7, 11) is -2.08. The first-order chi connectivity index (χ1) is 12.4. The number of carbonyl (C=O) groups is 2. The molecule has 0 unspecified atom stereocenters. The lowest BCUT2D eigenvalue weighted by atomic mass is 10.1. The van der Waals surface area contributed by atoms with Gasteiger partial charge in [-0.1, -0.05) is 12.1 Å². The Morgan fingerprint density at radius 1 is 1.08 bits per heavy atom.